The maximum atomic E-state index is 11.7. The van der Waals surface area contributed by atoms with E-state index in [1.807, 2.05) is 0 Å². The molecule has 0 radical (unpaired) electrons. The molecule has 7 nitrogen and oxygen atoms in total. The number of hydrogen-bond donors (Lipinski definition) is 2. The Kier molecular flexibility index (Phi) is 6.89. The normalized spacial score (nSPS) is 11.4. The monoisotopic (exact) mass is 322 g/mol. The van der Waals surface area contributed by atoms with Crippen molar-refractivity contribution in [3.05, 3.63) is 11.1 Å². The Balaban J connectivity index is 2.44. The van der Waals surface area contributed by atoms with Crippen LogP contribution in [-0.2, 0) is 26.0 Å². The Hall–Kier alpha value is -1.19. The summed E-state index contributed by atoms with van der Waals surface area (Å²) in [5, 5.41) is 10.6. The minimum absolute atomic E-state index is 0.0763. The molecule has 2 N–H and O–H groups in total. The summed E-state index contributed by atoms with van der Waals surface area (Å²) in [7, 11) is -3.45. The number of aryl methyl sites for hydroxylation is 1. The van der Waals surface area contributed by atoms with E-state index in [0.29, 0.717) is 30.3 Å². The average Bonchev–Trinajstić information content (AvgIpc) is 2.75. The zero-order valence-electron chi connectivity index (χ0n) is 11.2. The van der Waals surface area contributed by atoms with E-state index in [4.69, 9.17) is 9.84 Å². The number of aliphatic carboxylic acids is 1. The van der Waals surface area contributed by atoms with Gasteiger partial charge in [-0.1, -0.05) is 0 Å². The SMILES string of the molecule is CCOCCS(=O)(=O)Nc1nc(CCCC(=O)O)cs1. The number of aromatic nitrogens is 1. The van der Waals surface area contributed by atoms with Gasteiger partial charge in [-0.15, -0.1) is 11.3 Å². The van der Waals surface area contributed by atoms with Crippen molar-refractivity contribution in [1.29, 1.82) is 0 Å². The summed E-state index contributed by atoms with van der Waals surface area (Å²) < 4.78 is 30.7. The summed E-state index contributed by atoms with van der Waals surface area (Å²) in [6, 6.07) is 0. The van der Waals surface area contributed by atoms with Gasteiger partial charge in [-0.2, -0.15) is 0 Å². The van der Waals surface area contributed by atoms with E-state index < -0.39 is 16.0 Å². The highest BCUT2D eigenvalue weighted by Gasteiger charge is 2.13. The molecule has 0 saturated carbocycles. The largest absolute Gasteiger partial charge is 0.481 e. The summed E-state index contributed by atoms with van der Waals surface area (Å²) in [4.78, 5) is 14.5. The lowest BCUT2D eigenvalue weighted by Crippen LogP contribution is -2.20. The third-order valence-corrected chi connectivity index (χ3v) is 4.46. The number of sulfonamides is 1. The fourth-order valence-electron chi connectivity index (χ4n) is 1.39. The highest BCUT2D eigenvalue weighted by Crippen LogP contribution is 2.18. The Bertz CT molecular complexity index is 527. The summed E-state index contributed by atoms with van der Waals surface area (Å²) in [5.41, 5.74) is 0.693. The number of thiazole rings is 1. The first-order valence-corrected chi connectivity index (χ1v) is 8.70. The number of hydrogen-bond acceptors (Lipinski definition) is 6. The minimum atomic E-state index is -3.45. The maximum Gasteiger partial charge on any atom is 0.303 e. The van der Waals surface area contributed by atoms with Crippen LogP contribution in [0.1, 0.15) is 25.5 Å². The van der Waals surface area contributed by atoms with Crippen LogP contribution >= 0.6 is 11.3 Å². The summed E-state index contributed by atoms with van der Waals surface area (Å²) >= 11 is 1.18. The van der Waals surface area contributed by atoms with Gasteiger partial charge < -0.3 is 9.84 Å². The molecule has 1 heterocycles. The van der Waals surface area contributed by atoms with Crippen molar-refractivity contribution in [3.8, 4) is 0 Å². The quantitative estimate of drug-likeness (QED) is 0.630. The number of anilines is 1. The Morgan fingerprint density at radius 2 is 2.30 bits per heavy atom. The van der Waals surface area contributed by atoms with E-state index in [9.17, 15) is 13.2 Å². The van der Waals surface area contributed by atoms with Crippen LogP contribution in [0, 0.1) is 0 Å². The van der Waals surface area contributed by atoms with E-state index in [-0.39, 0.29) is 18.8 Å². The van der Waals surface area contributed by atoms with Crippen LogP contribution in [0.2, 0.25) is 0 Å². The van der Waals surface area contributed by atoms with Gasteiger partial charge in [0.2, 0.25) is 10.0 Å². The molecular formula is C11H18N2O5S2. The highest BCUT2D eigenvalue weighted by atomic mass is 32.2. The van der Waals surface area contributed by atoms with Crippen LogP contribution in [-0.4, -0.2) is 43.4 Å². The molecule has 0 atom stereocenters. The van der Waals surface area contributed by atoms with Gasteiger partial charge in [-0.3, -0.25) is 9.52 Å². The van der Waals surface area contributed by atoms with E-state index in [0.717, 1.165) is 0 Å². The van der Waals surface area contributed by atoms with Gasteiger partial charge in [0.15, 0.2) is 5.13 Å². The van der Waals surface area contributed by atoms with Gasteiger partial charge in [0.1, 0.15) is 0 Å². The van der Waals surface area contributed by atoms with Crippen LogP contribution in [0.25, 0.3) is 0 Å². The number of rotatable bonds is 10. The Labute approximate surface area is 122 Å². The summed E-state index contributed by atoms with van der Waals surface area (Å²) in [5.74, 6) is -0.966. The third kappa shape index (κ3) is 6.83. The van der Waals surface area contributed by atoms with Gasteiger partial charge >= 0.3 is 5.97 Å². The lowest BCUT2D eigenvalue weighted by molar-refractivity contribution is -0.137. The van der Waals surface area contributed by atoms with Crippen molar-refractivity contribution in [2.24, 2.45) is 0 Å². The molecule has 1 aromatic rings. The van der Waals surface area contributed by atoms with Gasteiger partial charge in [0.25, 0.3) is 0 Å². The number of carboxylic acids is 1. The molecule has 0 unspecified atom stereocenters. The van der Waals surface area contributed by atoms with Crippen molar-refractivity contribution >= 4 is 32.5 Å². The van der Waals surface area contributed by atoms with Crippen molar-refractivity contribution < 1.29 is 23.1 Å². The topological polar surface area (TPSA) is 106 Å². The molecule has 0 bridgehead atoms. The average molecular weight is 322 g/mol. The lowest BCUT2D eigenvalue weighted by Gasteiger charge is -2.04. The summed E-state index contributed by atoms with van der Waals surface area (Å²) in [6.45, 7) is 2.41. The number of nitrogens with zero attached hydrogens (tertiary/aromatic N) is 1. The molecule has 1 rings (SSSR count). The third-order valence-electron chi connectivity index (χ3n) is 2.32. The van der Waals surface area contributed by atoms with E-state index in [2.05, 4.69) is 9.71 Å². The molecule has 9 heteroatoms. The van der Waals surface area contributed by atoms with Crippen LogP contribution < -0.4 is 4.72 Å². The molecule has 0 spiro atoms. The highest BCUT2D eigenvalue weighted by molar-refractivity contribution is 7.92. The molecule has 20 heavy (non-hydrogen) atoms. The second kappa shape index (κ2) is 8.18. The fourth-order valence-corrected chi connectivity index (χ4v) is 3.30. The first-order valence-electron chi connectivity index (χ1n) is 6.17. The van der Waals surface area contributed by atoms with Crippen molar-refractivity contribution in [2.75, 3.05) is 23.7 Å². The molecule has 0 fully saturated rings. The molecule has 0 aliphatic carbocycles. The molecule has 0 aliphatic heterocycles. The summed E-state index contributed by atoms with van der Waals surface area (Å²) in [6.07, 6.45) is 1.08. The first-order chi connectivity index (χ1) is 9.43. The van der Waals surface area contributed by atoms with Gasteiger partial charge in [0.05, 0.1) is 18.1 Å². The molecule has 0 saturated heterocycles. The second-order valence-corrected chi connectivity index (χ2v) is 6.71. The van der Waals surface area contributed by atoms with Gasteiger partial charge in [-0.05, 0) is 19.8 Å². The van der Waals surface area contributed by atoms with Crippen LogP contribution in [0.5, 0.6) is 0 Å². The van der Waals surface area contributed by atoms with Crippen LogP contribution in [0.15, 0.2) is 5.38 Å². The number of ether oxygens (including phenoxy) is 1. The van der Waals surface area contributed by atoms with E-state index in [1.165, 1.54) is 11.3 Å². The standard InChI is InChI=1S/C11H18N2O5S2/c1-2-18-6-7-20(16,17)13-11-12-9(8-19-11)4-3-5-10(14)15/h8H,2-7H2,1H3,(H,12,13)(H,14,15). The van der Waals surface area contributed by atoms with Crippen molar-refractivity contribution in [1.82, 2.24) is 4.98 Å². The molecule has 1 aromatic heterocycles. The van der Waals surface area contributed by atoms with Gasteiger partial charge in [0, 0.05) is 18.4 Å². The predicted molar refractivity (Wildman–Crippen MR) is 76.6 cm³/mol. The Morgan fingerprint density at radius 1 is 1.55 bits per heavy atom. The number of nitrogens with one attached hydrogen (secondary N) is 1. The van der Waals surface area contributed by atoms with Crippen LogP contribution in [0.4, 0.5) is 5.13 Å². The molecular weight excluding hydrogens is 304 g/mol. The zero-order chi connectivity index (χ0) is 15.0. The fraction of sp³-hybridized carbons (Fsp3) is 0.636. The number of carboxylic acid groups (broad SMARTS) is 1. The lowest BCUT2D eigenvalue weighted by atomic mass is 10.2. The first kappa shape index (κ1) is 16.9. The minimum Gasteiger partial charge on any atom is -0.481 e. The van der Waals surface area contributed by atoms with Crippen LogP contribution in [0.3, 0.4) is 0 Å². The van der Waals surface area contributed by atoms with E-state index in [1.54, 1.807) is 12.3 Å². The molecule has 0 amide bonds. The molecule has 114 valence electrons. The zero-order valence-corrected chi connectivity index (χ0v) is 12.8. The predicted octanol–water partition coefficient (Wildman–Crippen LogP) is 1.33. The van der Waals surface area contributed by atoms with Crippen molar-refractivity contribution in [2.45, 2.75) is 26.2 Å². The van der Waals surface area contributed by atoms with Crippen molar-refractivity contribution in [3.63, 3.8) is 0 Å². The Morgan fingerprint density at radius 3 is 2.95 bits per heavy atom. The second-order valence-electron chi connectivity index (χ2n) is 4.01. The molecule has 0 aliphatic rings. The number of carbonyl (C=O) groups is 1. The van der Waals surface area contributed by atoms with E-state index >= 15 is 0 Å². The molecule has 0 aromatic carbocycles. The van der Waals surface area contributed by atoms with Gasteiger partial charge in [-0.25, -0.2) is 13.4 Å². The maximum absolute atomic E-state index is 11.7. The smallest absolute Gasteiger partial charge is 0.303 e.